The zero-order chi connectivity index (χ0) is 21.1. The van der Waals surface area contributed by atoms with Crippen LogP contribution >= 0.6 is 0 Å². The van der Waals surface area contributed by atoms with Crippen molar-refractivity contribution in [3.05, 3.63) is 77.9 Å². The number of methoxy groups -OCH3 is 1. The summed E-state index contributed by atoms with van der Waals surface area (Å²) in [5.41, 5.74) is 4.78. The van der Waals surface area contributed by atoms with Crippen LogP contribution in [0.5, 0.6) is 11.5 Å². The highest BCUT2D eigenvalue weighted by Crippen LogP contribution is 2.49. The second-order valence-electron chi connectivity index (χ2n) is 7.75. The lowest BCUT2D eigenvalue weighted by atomic mass is 9.94. The topological polar surface area (TPSA) is 47.6 Å². The highest BCUT2D eigenvalue weighted by molar-refractivity contribution is 6.01. The molecule has 4 rings (SSSR count). The number of anilines is 1. The average Bonchev–Trinajstić information content (AvgIpc) is 3.58. The van der Waals surface area contributed by atoms with Crippen LogP contribution in [0.3, 0.4) is 0 Å². The van der Waals surface area contributed by atoms with E-state index in [-0.39, 0.29) is 5.91 Å². The first-order chi connectivity index (χ1) is 14.6. The van der Waals surface area contributed by atoms with Gasteiger partial charge in [0.15, 0.2) is 0 Å². The van der Waals surface area contributed by atoms with Gasteiger partial charge in [-0.15, -0.1) is 0 Å². The second-order valence-corrected chi connectivity index (χ2v) is 7.75. The van der Waals surface area contributed by atoms with Crippen molar-refractivity contribution in [1.29, 1.82) is 0 Å². The fourth-order valence-electron chi connectivity index (χ4n) is 3.84. The molecule has 1 saturated carbocycles. The summed E-state index contributed by atoms with van der Waals surface area (Å²) in [6.45, 7) is 4.70. The SMILES string of the molecule is CCOc1ccc(-c2cc(NC(=O)C3(c4ccc(OC)cc4)CC3)ccc2C)cc1. The van der Waals surface area contributed by atoms with E-state index in [2.05, 4.69) is 24.4 Å². The molecule has 0 unspecified atom stereocenters. The number of carbonyl (C=O) groups is 1. The fourth-order valence-corrected chi connectivity index (χ4v) is 3.84. The molecule has 4 nitrogen and oxygen atoms in total. The molecule has 0 heterocycles. The maximum Gasteiger partial charge on any atom is 0.235 e. The van der Waals surface area contributed by atoms with E-state index in [1.54, 1.807) is 7.11 Å². The smallest absolute Gasteiger partial charge is 0.235 e. The molecular weight excluding hydrogens is 374 g/mol. The zero-order valence-electron chi connectivity index (χ0n) is 17.7. The van der Waals surface area contributed by atoms with Crippen molar-refractivity contribution in [2.24, 2.45) is 0 Å². The molecule has 0 atom stereocenters. The van der Waals surface area contributed by atoms with Crippen molar-refractivity contribution in [2.45, 2.75) is 32.1 Å². The molecular formula is C26H27NO3. The molecule has 30 heavy (non-hydrogen) atoms. The number of nitrogens with one attached hydrogen (secondary N) is 1. The monoisotopic (exact) mass is 401 g/mol. The van der Waals surface area contributed by atoms with Gasteiger partial charge in [0.1, 0.15) is 11.5 Å². The van der Waals surface area contributed by atoms with Gasteiger partial charge in [0.2, 0.25) is 5.91 Å². The Hall–Kier alpha value is -3.27. The van der Waals surface area contributed by atoms with E-state index >= 15 is 0 Å². The van der Waals surface area contributed by atoms with Crippen LogP contribution in [0.2, 0.25) is 0 Å². The third kappa shape index (κ3) is 3.90. The minimum absolute atomic E-state index is 0.0502. The maximum absolute atomic E-state index is 13.1. The summed E-state index contributed by atoms with van der Waals surface area (Å²) in [6, 6.07) is 21.9. The molecule has 0 aliphatic heterocycles. The number of carbonyl (C=O) groups excluding carboxylic acids is 1. The Morgan fingerprint density at radius 3 is 2.23 bits per heavy atom. The van der Waals surface area contributed by atoms with Crippen LogP contribution in [0.4, 0.5) is 5.69 Å². The molecule has 1 N–H and O–H groups in total. The summed E-state index contributed by atoms with van der Waals surface area (Å²) in [4.78, 5) is 13.1. The van der Waals surface area contributed by atoms with Crippen LogP contribution < -0.4 is 14.8 Å². The first kappa shape index (κ1) is 20.0. The molecule has 0 spiro atoms. The lowest BCUT2D eigenvalue weighted by molar-refractivity contribution is -0.118. The van der Waals surface area contributed by atoms with Crippen LogP contribution in [0, 0.1) is 6.92 Å². The molecule has 0 aromatic heterocycles. The standard InChI is InChI=1S/C26H27NO3/c1-4-30-23-11-6-19(7-12-23)24-17-21(10-5-18(24)2)27-25(28)26(15-16-26)20-8-13-22(29-3)14-9-20/h5-14,17H,4,15-16H2,1-3H3,(H,27,28). The minimum atomic E-state index is -0.434. The van der Waals surface area contributed by atoms with Crippen molar-refractivity contribution < 1.29 is 14.3 Å². The Kier molecular flexibility index (Phi) is 5.49. The molecule has 4 heteroatoms. The van der Waals surface area contributed by atoms with Gasteiger partial charge in [0.05, 0.1) is 19.1 Å². The van der Waals surface area contributed by atoms with Crippen molar-refractivity contribution in [1.82, 2.24) is 0 Å². The molecule has 154 valence electrons. The average molecular weight is 402 g/mol. The Bertz CT molecular complexity index is 1030. The van der Waals surface area contributed by atoms with Crippen LogP contribution in [-0.2, 0) is 10.2 Å². The Labute approximate surface area is 177 Å². The van der Waals surface area contributed by atoms with Crippen molar-refractivity contribution in [3.63, 3.8) is 0 Å². The van der Waals surface area contributed by atoms with Gasteiger partial charge in [0.25, 0.3) is 0 Å². The third-order valence-corrected chi connectivity index (χ3v) is 5.80. The van der Waals surface area contributed by atoms with Gasteiger partial charge >= 0.3 is 0 Å². The van der Waals surface area contributed by atoms with Crippen LogP contribution in [0.1, 0.15) is 30.9 Å². The van der Waals surface area contributed by atoms with Crippen molar-refractivity contribution in [2.75, 3.05) is 19.0 Å². The van der Waals surface area contributed by atoms with Gasteiger partial charge in [-0.25, -0.2) is 0 Å². The lowest BCUT2D eigenvalue weighted by Crippen LogP contribution is -2.27. The van der Waals surface area contributed by atoms with Crippen LogP contribution in [0.25, 0.3) is 11.1 Å². The molecule has 3 aromatic carbocycles. The Morgan fingerprint density at radius 2 is 1.63 bits per heavy atom. The van der Waals surface area contributed by atoms with Gasteiger partial charge < -0.3 is 14.8 Å². The molecule has 1 aliphatic rings. The highest BCUT2D eigenvalue weighted by Gasteiger charge is 2.51. The van der Waals surface area contributed by atoms with Gasteiger partial charge in [-0.1, -0.05) is 30.3 Å². The number of benzene rings is 3. The Morgan fingerprint density at radius 1 is 0.967 bits per heavy atom. The molecule has 0 radical (unpaired) electrons. The number of amides is 1. The van der Waals surface area contributed by atoms with E-state index in [1.165, 1.54) is 0 Å². The largest absolute Gasteiger partial charge is 0.497 e. The summed E-state index contributed by atoms with van der Waals surface area (Å²) in [6.07, 6.45) is 1.73. The summed E-state index contributed by atoms with van der Waals surface area (Å²) >= 11 is 0. The van der Waals surface area contributed by atoms with E-state index in [0.29, 0.717) is 6.61 Å². The summed E-state index contributed by atoms with van der Waals surface area (Å²) in [5.74, 6) is 1.71. The number of aryl methyl sites for hydroxylation is 1. The quantitative estimate of drug-likeness (QED) is 0.549. The second kappa shape index (κ2) is 8.23. The van der Waals surface area contributed by atoms with E-state index in [1.807, 2.05) is 61.5 Å². The highest BCUT2D eigenvalue weighted by atomic mass is 16.5. The number of hydrogen-bond acceptors (Lipinski definition) is 3. The van der Waals surface area contributed by atoms with E-state index in [4.69, 9.17) is 9.47 Å². The molecule has 3 aromatic rings. The van der Waals surface area contributed by atoms with Crippen LogP contribution in [0.15, 0.2) is 66.7 Å². The summed E-state index contributed by atoms with van der Waals surface area (Å²) in [5, 5.41) is 3.15. The summed E-state index contributed by atoms with van der Waals surface area (Å²) < 4.78 is 10.8. The predicted octanol–water partition coefficient (Wildman–Crippen LogP) is 5.74. The van der Waals surface area contributed by atoms with Crippen molar-refractivity contribution >= 4 is 11.6 Å². The zero-order valence-corrected chi connectivity index (χ0v) is 17.7. The molecule has 1 amide bonds. The fraction of sp³-hybridized carbons (Fsp3) is 0.269. The molecule has 1 fully saturated rings. The maximum atomic E-state index is 13.1. The first-order valence-corrected chi connectivity index (χ1v) is 10.4. The lowest BCUT2D eigenvalue weighted by Gasteiger charge is -2.17. The van der Waals surface area contributed by atoms with Gasteiger partial charge in [-0.3, -0.25) is 4.79 Å². The van der Waals surface area contributed by atoms with Gasteiger partial charge in [0, 0.05) is 5.69 Å². The molecule has 0 bridgehead atoms. The van der Waals surface area contributed by atoms with Crippen LogP contribution in [-0.4, -0.2) is 19.6 Å². The van der Waals surface area contributed by atoms with E-state index in [9.17, 15) is 4.79 Å². The summed E-state index contributed by atoms with van der Waals surface area (Å²) in [7, 11) is 1.65. The first-order valence-electron chi connectivity index (χ1n) is 10.4. The molecule has 1 aliphatic carbocycles. The van der Waals surface area contributed by atoms with Gasteiger partial charge in [-0.2, -0.15) is 0 Å². The van der Waals surface area contributed by atoms with E-state index < -0.39 is 5.41 Å². The van der Waals surface area contributed by atoms with Gasteiger partial charge in [-0.05, 0) is 85.3 Å². The van der Waals surface area contributed by atoms with E-state index in [0.717, 1.165) is 52.3 Å². The normalized spacial score (nSPS) is 14.1. The predicted molar refractivity (Wildman–Crippen MR) is 120 cm³/mol. The third-order valence-electron chi connectivity index (χ3n) is 5.80. The Balaban J connectivity index is 1.54. The number of hydrogen-bond donors (Lipinski definition) is 1. The molecule has 0 saturated heterocycles. The minimum Gasteiger partial charge on any atom is -0.497 e. The van der Waals surface area contributed by atoms with Crippen molar-refractivity contribution in [3.8, 4) is 22.6 Å². The number of rotatable bonds is 7. The number of ether oxygens (including phenoxy) is 2.